The Labute approximate surface area is 194 Å². The number of carbonyl (C=O) groups is 4. The van der Waals surface area contributed by atoms with Gasteiger partial charge in [0.2, 0.25) is 5.91 Å². The molecule has 1 aliphatic heterocycles. The first-order valence-corrected chi connectivity index (χ1v) is 10.9. The molecule has 0 unspecified atom stereocenters. The van der Waals surface area contributed by atoms with Gasteiger partial charge in [-0.15, -0.1) is 0 Å². The summed E-state index contributed by atoms with van der Waals surface area (Å²) in [7, 11) is 0. The Morgan fingerprint density at radius 3 is 2.38 bits per heavy atom. The Hall–Kier alpha value is -3.20. The highest BCUT2D eigenvalue weighted by molar-refractivity contribution is 9.10. The van der Waals surface area contributed by atoms with E-state index in [0.717, 1.165) is 4.47 Å². The lowest BCUT2D eigenvalue weighted by molar-refractivity contribution is -0.151. The summed E-state index contributed by atoms with van der Waals surface area (Å²) >= 11 is 3.31. The number of carbonyl (C=O) groups excluding carboxylic acids is 4. The lowest BCUT2D eigenvalue weighted by Gasteiger charge is -2.17. The van der Waals surface area contributed by atoms with E-state index in [1.807, 2.05) is 0 Å². The van der Waals surface area contributed by atoms with Gasteiger partial charge in [0.15, 0.2) is 6.61 Å². The monoisotopic (exact) mass is 502 g/mol. The van der Waals surface area contributed by atoms with Crippen molar-refractivity contribution in [3.63, 3.8) is 0 Å². The highest BCUT2D eigenvalue weighted by atomic mass is 79.9. The molecule has 2 aromatic carbocycles. The van der Waals surface area contributed by atoms with E-state index in [2.05, 4.69) is 21.2 Å². The molecule has 1 N–H and O–H groups in total. The lowest BCUT2D eigenvalue weighted by Crippen LogP contribution is -2.28. The Balaban J connectivity index is 1.52. The molecule has 0 aromatic heterocycles. The second kappa shape index (κ2) is 10.4. The number of hydrogen-bond donors (Lipinski definition) is 1. The normalized spacial score (nSPS) is 15.6. The van der Waals surface area contributed by atoms with Gasteiger partial charge in [0.05, 0.1) is 17.6 Å². The number of benzene rings is 2. The Bertz CT molecular complexity index is 1000. The summed E-state index contributed by atoms with van der Waals surface area (Å²) in [4.78, 5) is 50.2. The van der Waals surface area contributed by atoms with Gasteiger partial charge in [0.25, 0.3) is 5.91 Å². The van der Waals surface area contributed by atoms with Crippen LogP contribution in [0.4, 0.5) is 11.4 Å². The maximum absolute atomic E-state index is 12.4. The largest absolute Gasteiger partial charge is 0.459 e. The second-order valence-corrected chi connectivity index (χ2v) is 8.48. The quantitative estimate of drug-likeness (QED) is 0.580. The third kappa shape index (κ3) is 6.16. The van der Waals surface area contributed by atoms with Crippen LogP contribution >= 0.6 is 15.9 Å². The predicted octanol–water partition coefficient (Wildman–Crippen LogP) is 3.55. The van der Waals surface area contributed by atoms with Crippen LogP contribution < -0.4 is 10.2 Å². The number of amides is 2. The van der Waals surface area contributed by atoms with E-state index in [0.29, 0.717) is 16.9 Å². The molecule has 1 fully saturated rings. The van der Waals surface area contributed by atoms with E-state index < -0.39 is 30.4 Å². The predicted molar refractivity (Wildman–Crippen MR) is 121 cm³/mol. The van der Waals surface area contributed by atoms with Gasteiger partial charge in [-0.3, -0.25) is 14.4 Å². The zero-order chi connectivity index (χ0) is 23.3. The van der Waals surface area contributed by atoms with Crippen LogP contribution in [0.3, 0.4) is 0 Å². The number of halogens is 1. The summed E-state index contributed by atoms with van der Waals surface area (Å²) in [6.45, 7) is 3.23. The van der Waals surface area contributed by atoms with Crippen LogP contribution in [0.1, 0.15) is 30.6 Å². The number of nitrogens with one attached hydrogen (secondary N) is 1. The van der Waals surface area contributed by atoms with E-state index in [-0.39, 0.29) is 25.0 Å². The second-order valence-electron chi connectivity index (χ2n) is 7.57. The van der Waals surface area contributed by atoms with Gasteiger partial charge in [-0.25, -0.2) is 4.79 Å². The molecule has 168 valence electrons. The number of anilines is 2. The molecule has 0 bridgehead atoms. The molecule has 3 rings (SSSR count). The van der Waals surface area contributed by atoms with Gasteiger partial charge in [0.1, 0.15) is 0 Å². The van der Waals surface area contributed by atoms with Gasteiger partial charge in [-0.2, -0.15) is 0 Å². The van der Waals surface area contributed by atoms with E-state index >= 15 is 0 Å². The van der Waals surface area contributed by atoms with Crippen molar-refractivity contribution in [3.05, 3.63) is 58.6 Å². The molecule has 0 aliphatic carbocycles. The number of rotatable bonds is 7. The fourth-order valence-corrected chi connectivity index (χ4v) is 3.42. The molecule has 2 aromatic rings. The van der Waals surface area contributed by atoms with Crippen molar-refractivity contribution in [3.8, 4) is 0 Å². The highest BCUT2D eigenvalue weighted by Gasteiger charge is 2.36. The molecule has 0 saturated carbocycles. The fraction of sp³-hybridized carbons (Fsp3) is 0.304. The average molecular weight is 503 g/mol. The molecular weight excluding hydrogens is 480 g/mol. The Kier molecular flexibility index (Phi) is 7.63. The summed E-state index contributed by atoms with van der Waals surface area (Å²) in [5.41, 5.74) is 1.53. The van der Waals surface area contributed by atoms with Crippen LogP contribution in [0.5, 0.6) is 0 Å². The molecule has 8 nitrogen and oxygen atoms in total. The minimum Gasteiger partial charge on any atom is -0.459 e. The first-order valence-electron chi connectivity index (χ1n) is 10.1. The smallest absolute Gasteiger partial charge is 0.338 e. The van der Waals surface area contributed by atoms with Crippen molar-refractivity contribution in [1.82, 2.24) is 0 Å². The summed E-state index contributed by atoms with van der Waals surface area (Å²) in [6.07, 6.45) is -0.240. The van der Waals surface area contributed by atoms with Crippen molar-refractivity contribution >= 4 is 51.1 Å². The third-order valence-electron chi connectivity index (χ3n) is 4.69. The summed E-state index contributed by atoms with van der Waals surface area (Å²) < 4.78 is 11.1. The molecule has 1 atom stereocenters. The summed E-state index contributed by atoms with van der Waals surface area (Å²) in [6, 6.07) is 13.4. The molecule has 32 heavy (non-hydrogen) atoms. The Morgan fingerprint density at radius 1 is 1.09 bits per heavy atom. The fourth-order valence-electron chi connectivity index (χ4n) is 3.16. The molecular formula is C23H23BrN2O6. The minimum atomic E-state index is -0.673. The standard InChI is InChI=1S/C23H23BrN2O6/c1-14(2)32-23(30)15-3-9-19(10-4-15)26-12-16(11-21(26)28)22(29)31-13-20(27)25-18-7-5-17(24)6-8-18/h3-10,14,16H,11-13H2,1-2H3,(H,25,27)/t16-/m0/s1. The highest BCUT2D eigenvalue weighted by Crippen LogP contribution is 2.26. The van der Waals surface area contributed by atoms with Gasteiger partial charge in [-0.1, -0.05) is 15.9 Å². The zero-order valence-corrected chi connectivity index (χ0v) is 19.3. The van der Waals surface area contributed by atoms with Crippen molar-refractivity contribution in [2.75, 3.05) is 23.4 Å². The first-order chi connectivity index (χ1) is 15.2. The van der Waals surface area contributed by atoms with Crippen LogP contribution in [0.15, 0.2) is 53.0 Å². The molecule has 9 heteroatoms. The van der Waals surface area contributed by atoms with Crippen molar-refractivity contribution in [1.29, 1.82) is 0 Å². The average Bonchev–Trinajstić information content (AvgIpc) is 3.15. The van der Waals surface area contributed by atoms with E-state index in [4.69, 9.17) is 9.47 Å². The van der Waals surface area contributed by atoms with Crippen molar-refractivity contribution in [2.24, 2.45) is 5.92 Å². The molecule has 0 spiro atoms. The van der Waals surface area contributed by atoms with Gasteiger partial charge < -0.3 is 19.7 Å². The van der Waals surface area contributed by atoms with Crippen LogP contribution in [0.25, 0.3) is 0 Å². The number of esters is 2. The van der Waals surface area contributed by atoms with Gasteiger partial charge >= 0.3 is 11.9 Å². The summed E-state index contributed by atoms with van der Waals surface area (Å²) in [5.74, 6) is -2.42. The SMILES string of the molecule is CC(C)OC(=O)c1ccc(N2C[C@@H](C(=O)OCC(=O)Nc3ccc(Br)cc3)CC2=O)cc1. The number of hydrogen-bond acceptors (Lipinski definition) is 6. The topological polar surface area (TPSA) is 102 Å². The minimum absolute atomic E-state index is 0.00962. The third-order valence-corrected chi connectivity index (χ3v) is 5.22. The summed E-state index contributed by atoms with van der Waals surface area (Å²) in [5, 5.41) is 2.63. The van der Waals surface area contributed by atoms with Crippen LogP contribution in [-0.4, -0.2) is 43.0 Å². The Morgan fingerprint density at radius 2 is 1.75 bits per heavy atom. The number of ether oxygens (including phenoxy) is 2. The molecule has 2 amide bonds. The van der Waals surface area contributed by atoms with Crippen LogP contribution in [0, 0.1) is 5.92 Å². The zero-order valence-electron chi connectivity index (χ0n) is 17.7. The lowest BCUT2D eigenvalue weighted by atomic mass is 10.1. The van der Waals surface area contributed by atoms with E-state index in [1.165, 1.54) is 4.90 Å². The van der Waals surface area contributed by atoms with Crippen LogP contribution in [-0.2, 0) is 23.9 Å². The van der Waals surface area contributed by atoms with E-state index in [9.17, 15) is 19.2 Å². The first kappa shape index (κ1) is 23.5. The maximum atomic E-state index is 12.4. The molecule has 1 aliphatic rings. The maximum Gasteiger partial charge on any atom is 0.338 e. The van der Waals surface area contributed by atoms with Crippen molar-refractivity contribution < 1.29 is 28.7 Å². The van der Waals surface area contributed by atoms with Gasteiger partial charge in [0, 0.05) is 28.8 Å². The molecule has 1 saturated heterocycles. The molecule has 0 radical (unpaired) electrons. The molecule has 1 heterocycles. The van der Waals surface area contributed by atoms with E-state index in [1.54, 1.807) is 62.4 Å². The number of nitrogens with zero attached hydrogens (tertiary/aromatic N) is 1. The van der Waals surface area contributed by atoms with Gasteiger partial charge in [-0.05, 0) is 62.4 Å². The van der Waals surface area contributed by atoms with Crippen molar-refractivity contribution in [2.45, 2.75) is 26.4 Å². The van der Waals surface area contributed by atoms with Crippen LogP contribution in [0.2, 0.25) is 0 Å².